The highest BCUT2D eigenvalue weighted by molar-refractivity contribution is 8.01. The van der Waals surface area contributed by atoms with Crippen molar-refractivity contribution in [1.29, 1.82) is 0 Å². The van der Waals surface area contributed by atoms with Crippen LogP contribution < -0.4 is 0 Å². The third-order valence-corrected chi connectivity index (χ3v) is 6.64. The number of carbonyl (C=O) groups is 1. The average Bonchev–Trinajstić information content (AvgIpc) is 2.72. The van der Waals surface area contributed by atoms with E-state index in [2.05, 4.69) is 0 Å². The number of carbonyl (C=O) groups excluding carboxylic acids is 1. The van der Waals surface area contributed by atoms with Crippen LogP contribution in [0.2, 0.25) is 0 Å². The Morgan fingerprint density at radius 2 is 2.21 bits per heavy atom. The molecule has 0 radical (unpaired) electrons. The molecule has 3 nitrogen and oxygen atoms in total. The maximum Gasteiger partial charge on any atom is 0.150 e. The van der Waals surface area contributed by atoms with Crippen molar-refractivity contribution in [3.63, 3.8) is 0 Å². The van der Waals surface area contributed by atoms with Gasteiger partial charge in [0.2, 0.25) is 0 Å². The van der Waals surface area contributed by atoms with Crippen LogP contribution in [-0.2, 0) is 14.6 Å². The summed E-state index contributed by atoms with van der Waals surface area (Å²) in [5.74, 6) is 1.56. The van der Waals surface area contributed by atoms with E-state index < -0.39 is 9.84 Å². The largest absolute Gasteiger partial charge is 0.302 e. The van der Waals surface area contributed by atoms with E-state index in [9.17, 15) is 13.2 Å². The van der Waals surface area contributed by atoms with Gasteiger partial charge in [-0.2, -0.15) is 0 Å². The molecule has 2 aliphatic heterocycles. The first-order valence-corrected chi connectivity index (χ1v) is 7.69. The molecule has 0 bridgehead atoms. The lowest BCUT2D eigenvalue weighted by atomic mass is 9.89. The number of sulfone groups is 1. The summed E-state index contributed by atoms with van der Waals surface area (Å²) in [6.07, 6.45) is 3.57. The van der Waals surface area contributed by atoms with E-state index in [-0.39, 0.29) is 22.2 Å². The summed E-state index contributed by atoms with van der Waals surface area (Å²) in [4.78, 5) is 11.1. The van der Waals surface area contributed by atoms with E-state index in [1.54, 1.807) is 11.8 Å². The van der Waals surface area contributed by atoms with E-state index in [0.29, 0.717) is 6.42 Å². The minimum Gasteiger partial charge on any atom is -0.302 e. The van der Waals surface area contributed by atoms with Gasteiger partial charge in [-0.25, -0.2) is 8.42 Å². The van der Waals surface area contributed by atoms with E-state index in [1.165, 1.54) is 0 Å². The number of thioether (sulfide) groups is 1. The van der Waals surface area contributed by atoms with Crippen molar-refractivity contribution < 1.29 is 13.2 Å². The molecule has 14 heavy (non-hydrogen) atoms. The smallest absolute Gasteiger partial charge is 0.150 e. The first-order valence-electron chi connectivity index (χ1n) is 4.89. The normalized spacial score (nSPS) is 41.3. The summed E-state index contributed by atoms with van der Waals surface area (Å²) in [6.45, 7) is 0. The van der Waals surface area contributed by atoms with Crippen molar-refractivity contribution in [2.75, 3.05) is 17.3 Å². The predicted octanol–water partition coefficient (Wildman–Crippen LogP) is 0.886. The van der Waals surface area contributed by atoms with Crippen molar-refractivity contribution in [1.82, 2.24) is 0 Å². The van der Waals surface area contributed by atoms with Gasteiger partial charge in [-0.1, -0.05) is 0 Å². The molecule has 2 unspecified atom stereocenters. The Labute approximate surface area is 88.6 Å². The van der Waals surface area contributed by atoms with E-state index >= 15 is 0 Å². The van der Waals surface area contributed by atoms with Crippen LogP contribution in [0.4, 0.5) is 0 Å². The molecule has 80 valence electrons. The maximum absolute atomic E-state index is 11.3. The van der Waals surface area contributed by atoms with Gasteiger partial charge in [0.15, 0.2) is 9.84 Å². The summed E-state index contributed by atoms with van der Waals surface area (Å²) in [5.41, 5.74) is 0. The quantitative estimate of drug-likeness (QED) is 0.666. The van der Waals surface area contributed by atoms with Gasteiger partial charge < -0.3 is 4.79 Å². The van der Waals surface area contributed by atoms with Crippen LogP contribution in [0, 0.1) is 5.92 Å². The third-order valence-electron chi connectivity index (χ3n) is 3.21. The van der Waals surface area contributed by atoms with Gasteiger partial charge in [0.05, 0.1) is 16.3 Å². The summed E-state index contributed by atoms with van der Waals surface area (Å²) < 4.78 is 22.3. The highest BCUT2D eigenvalue weighted by atomic mass is 32.2. The van der Waals surface area contributed by atoms with Crippen molar-refractivity contribution in [2.24, 2.45) is 5.92 Å². The molecule has 0 amide bonds. The molecule has 2 aliphatic rings. The second kappa shape index (κ2) is 3.52. The van der Waals surface area contributed by atoms with Crippen LogP contribution in [0.15, 0.2) is 0 Å². The zero-order valence-corrected chi connectivity index (χ0v) is 9.57. The molecule has 0 aromatic heterocycles. The Hall–Kier alpha value is -0.0300. The molecule has 2 rings (SSSR count). The summed E-state index contributed by atoms with van der Waals surface area (Å²) in [5, 5.41) is 0. The van der Waals surface area contributed by atoms with Crippen LogP contribution in [0.3, 0.4) is 0 Å². The molecular formula is C9H14O3S2. The van der Waals surface area contributed by atoms with Gasteiger partial charge in [-0.15, -0.1) is 11.8 Å². The maximum atomic E-state index is 11.3. The third kappa shape index (κ3) is 1.72. The van der Waals surface area contributed by atoms with Gasteiger partial charge >= 0.3 is 0 Å². The topological polar surface area (TPSA) is 51.2 Å². The molecule has 2 heterocycles. The Morgan fingerprint density at radius 3 is 2.64 bits per heavy atom. The lowest BCUT2D eigenvalue weighted by molar-refractivity contribution is -0.110. The second-order valence-electron chi connectivity index (χ2n) is 4.12. The Kier molecular flexibility index (Phi) is 2.64. The monoisotopic (exact) mass is 234 g/mol. The molecule has 0 N–H and O–H groups in total. The number of aldehydes is 1. The molecule has 0 saturated carbocycles. The first-order chi connectivity index (χ1) is 6.58. The van der Waals surface area contributed by atoms with E-state index in [1.807, 2.05) is 0 Å². The minimum atomic E-state index is -2.85. The van der Waals surface area contributed by atoms with Crippen LogP contribution in [-0.4, -0.2) is 36.7 Å². The highest BCUT2D eigenvalue weighted by Gasteiger charge is 2.46. The number of rotatable bonds is 2. The molecule has 0 aromatic carbocycles. The fourth-order valence-corrected chi connectivity index (χ4v) is 5.83. The van der Waals surface area contributed by atoms with Gasteiger partial charge in [-0.3, -0.25) is 0 Å². The Balaban J connectivity index is 2.18. The van der Waals surface area contributed by atoms with Crippen LogP contribution in [0.1, 0.15) is 19.3 Å². The molecule has 0 spiro atoms. The highest BCUT2D eigenvalue weighted by Crippen LogP contribution is 2.46. The summed E-state index contributed by atoms with van der Waals surface area (Å²) in [7, 11) is -2.85. The van der Waals surface area contributed by atoms with Crippen LogP contribution >= 0.6 is 11.8 Å². The summed E-state index contributed by atoms with van der Waals surface area (Å²) in [6, 6.07) is 0. The average molecular weight is 234 g/mol. The molecule has 2 saturated heterocycles. The van der Waals surface area contributed by atoms with Gasteiger partial charge in [0.25, 0.3) is 0 Å². The molecule has 5 heteroatoms. The Bertz CT molecular complexity index is 328. The molecule has 2 atom stereocenters. The number of hydrogen-bond acceptors (Lipinski definition) is 4. The zero-order valence-electron chi connectivity index (χ0n) is 7.94. The van der Waals surface area contributed by atoms with Crippen molar-refractivity contribution >= 4 is 27.9 Å². The lowest BCUT2D eigenvalue weighted by Gasteiger charge is -2.27. The molecule has 2 fully saturated rings. The Morgan fingerprint density at radius 1 is 1.43 bits per heavy atom. The predicted molar refractivity (Wildman–Crippen MR) is 57.2 cm³/mol. The fraction of sp³-hybridized carbons (Fsp3) is 0.889. The first kappa shape index (κ1) is 10.5. The van der Waals surface area contributed by atoms with Gasteiger partial charge in [0.1, 0.15) is 6.29 Å². The zero-order chi connectivity index (χ0) is 10.2. The number of hydrogen-bond donors (Lipinski definition) is 0. The standard InChI is InChI=1S/C9H14O3S2/c10-7-9(3-1-4-13-9)8-2-5-14(11,12)6-8/h7-8H,1-6H2. The fourth-order valence-electron chi connectivity index (χ4n) is 2.37. The molecule has 0 aliphatic carbocycles. The molecule has 0 aromatic rings. The lowest BCUT2D eigenvalue weighted by Crippen LogP contribution is -2.34. The van der Waals surface area contributed by atoms with Gasteiger partial charge in [-0.05, 0) is 30.9 Å². The van der Waals surface area contributed by atoms with Crippen LogP contribution in [0.5, 0.6) is 0 Å². The molecular weight excluding hydrogens is 220 g/mol. The van der Waals surface area contributed by atoms with Crippen molar-refractivity contribution in [2.45, 2.75) is 24.0 Å². The second-order valence-corrected chi connectivity index (χ2v) is 7.81. The summed E-state index contributed by atoms with van der Waals surface area (Å²) >= 11 is 1.66. The SMILES string of the molecule is O=CC1(C2CCS(=O)(=O)C2)CCCS1. The van der Waals surface area contributed by atoms with Gasteiger partial charge in [0, 0.05) is 0 Å². The van der Waals surface area contributed by atoms with Crippen molar-refractivity contribution in [3.05, 3.63) is 0 Å². The van der Waals surface area contributed by atoms with Crippen LogP contribution in [0.25, 0.3) is 0 Å². The minimum absolute atomic E-state index is 0.0671. The van der Waals surface area contributed by atoms with Crippen molar-refractivity contribution in [3.8, 4) is 0 Å². The van der Waals surface area contributed by atoms with E-state index in [0.717, 1.165) is 24.9 Å². The van der Waals surface area contributed by atoms with E-state index in [4.69, 9.17) is 0 Å².